The molecule has 5 nitrogen and oxygen atoms in total. The summed E-state index contributed by atoms with van der Waals surface area (Å²) in [5.74, 6) is -0.256. The van der Waals surface area contributed by atoms with Gasteiger partial charge in [0.25, 0.3) is 0 Å². The maximum Gasteiger partial charge on any atom is 0.243 e. The predicted molar refractivity (Wildman–Crippen MR) is 82.6 cm³/mol. The Kier molecular flexibility index (Phi) is 5.45. The van der Waals surface area contributed by atoms with Gasteiger partial charge in [-0.15, -0.1) is 0 Å². The molecule has 0 aromatic heterocycles. The van der Waals surface area contributed by atoms with Crippen molar-refractivity contribution < 1.29 is 9.59 Å². The minimum atomic E-state index is -0.473. The van der Waals surface area contributed by atoms with E-state index in [1.807, 2.05) is 0 Å². The third-order valence-electron chi connectivity index (χ3n) is 3.45. The van der Waals surface area contributed by atoms with Gasteiger partial charge < -0.3 is 15.5 Å². The van der Waals surface area contributed by atoms with Crippen LogP contribution in [-0.4, -0.2) is 49.4 Å². The second-order valence-electron chi connectivity index (χ2n) is 4.85. The lowest BCUT2D eigenvalue weighted by molar-refractivity contribution is -0.140. The van der Waals surface area contributed by atoms with E-state index in [4.69, 9.17) is 23.2 Å². The van der Waals surface area contributed by atoms with Crippen LogP contribution in [0.15, 0.2) is 18.2 Å². The molecule has 1 unspecified atom stereocenters. The molecule has 1 saturated heterocycles. The molecule has 0 spiro atoms. The Morgan fingerprint density at radius 3 is 2.81 bits per heavy atom. The Morgan fingerprint density at radius 1 is 1.38 bits per heavy atom. The second kappa shape index (κ2) is 7.11. The van der Waals surface area contributed by atoms with Crippen molar-refractivity contribution in [3.05, 3.63) is 33.8 Å². The van der Waals surface area contributed by atoms with Crippen LogP contribution < -0.4 is 10.6 Å². The third-order valence-corrected chi connectivity index (χ3v) is 4.19. The van der Waals surface area contributed by atoms with Gasteiger partial charge in [-0.2, -0.15) is 0 Å². The number of nitrogens with one attached hydrogen (secondary N) is 2. The highest BCUT2D eigenvalue weighted by molar-refractivity contribution is 6.42. The van der Waals surface area contributed by atoms with Gasteiger partial charge >= 0.3 is 0 Å². The molecule has 1 heterocycles. The zero-order chi connectivity index (χ0) is 15.4. The molecule has 1 aliphatic rings. The van der Waals surface area contributed by atoms with Crippen molar-refractivity contribution in [2.45, 2.75) is 12.5 Å². The smallest absolute Gasteiger partial charge is 0.243 e. The first-order chi connectivity index (χ1) is 10.0. The lowest BCUT2D eigenvalue weighted by Gasteiger charge is -2.35. The summed E-state index contributed by atoms with van der Waals surface area (Å²) in [6.45, 7) is 1.66. The van der Waals surface area contributed by atoms with Crippen molar-refractivity contribution in [1.29, 1.82) is 0 Å². The van der Waals surface area contributed by atoms with E-state index in [0.29, 0.717) is 29.7 Å². The number of carbonyl (C=O) groups excluding carboxylic acids is 2. The van der Waals surface area contributed by atoms with E-state index < -0.39 is 6.04 Å². The number of halogens is 2. The molecule has 7 heteroatoms. The number of carbonyl (C=O) groups is 2. The van der Waals surface area contributed by atoms with E-state index in [2.05, 4.69) is 10.6 Å². The number of benzene rings is 1. The molecule has 1 atom stereocenters. The van der Waals surface area contributed by atoms with Gasteiger partial charge in [-0.05, 0) is 17.7 Å². The van der Waals surface area contributed by atoms with Gasteiger partial charge in [-0.3, -0.25) is 9.59 Å². The second-order valence-corrected chi connectivity index (χ2v) is 5.66. The number of piperazine rings is 1. The van der Waals surface area contributed by atoms with Crippen LogP contribution >= 0.6 is 23.2 Å². The molecule has 1 aliphatic heterocycles. The number of rotatable bonds is 3. The zero-order valence-electron chi connectivity index (χ0n) is 11.7. The molecule has 2 rings (SSSR count). The monoisotopic (exact) mass is 329 g/mol. The van der Waals surface area contributed by atoms with Crippen LogP contribution in [0.5, 0.6) is 0 Å². The summed E-state index contributed by atoms with van der Waals surface area (Å²) in [5, 5.41) is 6.59. The molecular formula is C14H17Cl2N3O2. The van der Waals surface area contributed by atoms with Crippen LogP contribution in [0.3, 0.4) is 0 Å². The molecule has 1 aromatic carbocycles. The van der Waals surface area contributed by atoms with Crippen molar-refractivity contribution in [3.63, 3.8) is 0 Å². The van der Waals surface area contributed by atoms with Crippen LogP contribution in [0.4, 0.5) is 0 Å². The van der Waals surface area contributed by atoms with E-state index in [9.17, 15) is 9.59 Å². The Labute approximate surface area is 133 Å². The van der Waals surface area contributed by atoms with Crippen LogP contribution in [-0.2, 0) is 16.0 Å². The molecule has 0 aliphatic carbocycles. The van der Waals surface area contributed by atoms with Crippen LogP contribution in [0.25, 0.3) is 0 Å². The molecule has 2 amide bonds. The predicted octanol–water partition coefficient (Wildman–Crippen LogP) is 1.08. The highest BCUT2D eigenvalue weighted by Crippen LogP contribution is 2.23. The number of hydrogen-bond donors (Lipinski definition) is 2. The molecule has 21 heavy (non-hydrogen) atoms. The number of hydrogen-bond acceptors (Lipinski definition) is 3. The SMILES string of the molecule is CNC(=O)C1CNCCN1C(=O)Cc1ccc(Cl)c(Cl)c1. The molecule has 1 fully saturated rings. The Bertz CT molecular complexity index is 551. The van der Waals surface area contributed by atoms with E-state index >= 15 is 0 Å². The van der Waals surface area contributed by atoms with Gasteiger partial charge in [-0.25, -0.2) is 0 Å². The molecule has 2 N–H and O–H groups in total. The van der Waals surface area contributed by atoms with Gasteiger partial charge in [0.1, 0.15) is 6.04 Å². The third kappa shape index (κ3) is 3.87. The van der Waals surface area contributed by atoms with Gasteiger partial charge in [0, 0.05) is 26.7 Å². The number of likely N-dealkylation sites (N-methyl/N-ethyl adjacent to an activating group) is 1. The van der Waals surface area contributed by atoms with Crippen LogP contribution in [0.1, 0.15) is 5.56 Å². The summed E-state index contributed by atoms with van der Waals surface area (Å²) in [6.07, 6.45) is 0.199. The summed E-state index contributed by atoms with van der Waals surface area (Å²) in [4.78, 5) is 25.9. The molecule has 0 bridgehead atoms. The van der Waals surface area contributed by atoms with Crippen molar-refractivity contribution in [2.24, 2.45) is 0 Å². The fourth-order valence-corrected chi connectivity index (χ4v) is 2.65. The first-order valence-corrected chi connectivity index (χ1v) is 7.44. The van der Waals surface area contributed by atoms with E-state index in [1.54, 1.807) is 30.1 Å². The summed E-state index contributed by atoms with van der Waals surface area (Å²) in [7, 11) is 1.57. The van der Waals surface area contributed by atoms with E-state index in [1.165, 1.54) is 0 Å². The van der Waals surface area contributed by atoms with Gasteiger partial charge in [0.15, 0.2) is 0 Å². The summed E-state index contributed by atoms with van der Waals surface area (Å²) < 4.78 is 0. The van der Waals surface area contributed by atoms with Gasteiger partial charge in [0.2, 0.25) is 11.8 Å². The Balaban J connectivity index is 2.10. The first kappa shape index (κ1) is 16.1. The summed E-state index contributed by atoms with van der Waals surface area (Å²) in [5.41, 5.74) is 0.781. The quantitative estimate of drug-likeness (QED) is 0.872. The maximum atomic E-state index is 12.4. The van der Waals surface area contributed by atoms with E-state index in [0.717, 1.165) is 5.56 Å². The first-order valence-electron chi connectivity index (χ1n) is 6.68. The Hall–Kier alpha value is -1.30. The van der Waals surface area contributed by atoms with Crippen molar-refractivity contribution in [3.8, 4) is 0 Å². The van der Waals surface area contributed by atoms with Crippen molar-refractivity contribution in [1.82, 2.24) is 15.5 Å². The van der Waals surface area contributed by atoms with Gasteiger partial charge in [-0.1, -0.05) is 29.3 Å². The van der Waals surface area contributed by atoms with Crippen LogP contribution in [0, 0.1) is 0 Å². The number of amides is 2. The average molecular weight is 330 g/mol. The highest BCUT2D eigenvalue weighted by atomic mass is 35.5. The largest absolute Gasteiger partial charge is 0.357 e. The lowest BCUT2D eigenvalue weighted by Crippen LogP contribution is -2.59. The normalized spacial score (nSPS) is 18.4. The molecular weight excluding hydrogens is 313 g/mol. The summed E-state index contributed by atoms with van der Waals surface area (Å²) >= 11 is 11.8. The molecule has 1 aromatic rings. The Morgan fingerprint density at radius 2 is 2.14 bits per heavy atom. The highest BCUT2D eigenvalue weighted by Gasteiger charge is 2.31. The van der Waals surface area contributed by atoms with Crippen molar-refractivity contribution >= 4 is 35.0 Å². The molecule has 114 valence electrons. The fourth-order valence-electron chi connectivity index (χ4n) is 2.33. The maximum absolute atomic E-state index is 12.4. The van der Waals surface area contributed by atoms with Crippen molar-refractivity contribution in [2.75, 3.05) is 26.7 Å². The minimum Gasteiger partial charge on any atom is -0.357 e. The zero-order valence-corrected chi connectivity index (χ0v) is 13.2. The standard InChI is InChI=1S/C14H17Cl2N3O2/c1-17-14(21)12-8-18-4-5-19(12)13(20)7-9-2-3-10(15)11(16)6-9/h2-3,6,12,18H,4-5,7-8H2,1H3,(H,17,21). The van der Waals surface area contributed by atoms with Crippen LogP contribution in [0.2, 0.25) is 10.0 Å². The molecule has 0 radical (unpaired) electrons. The fraction of sp³-hybridized carbons (Fsp3) is 0.429. The van der Waals surface area contributed by atoms with E-state index in [-0.39, 0.29) is 18.2 Å². The summed E-state index contributed by atoms with van der Waals surface area (Å²) in [6, 6.07) is 4.64. The number of nitrogens with zero attached hydrogens (tertiary/aromatic N) is 1. The topological polar surface area (TPSA) is 61.4 Å². The minimum absolute atomic E-state index is 0.0940. The lowest BCUT2D eigenvalue weighted by atomic mass is 10.1. The molecule has 0 saturated carbocycles. The van der Waals surface area contributed by atoms with Gasteiger partial charge in [0.05, 0.1) is 16.5 Å². The average Bonchev–Trinajstić information content (AvgIpc) is 2.50.